The van der Waals surface area contributed by atoms with Crippen LogP contribution < -0.4 is 9.47 Å². The van der Waals surface area contributed by atoms with Gasteiger partial charge in [-0.05, 0) is 51.2 Å². The van der Waals surface area contributed by atoms with Gasteiger partial charge >= 0.3 is 11.9 Å². The maximum atomic E-state index is 15.7. The number of hydrogen-bond acceptors (Lipinski definition) is 7. The maximum Gasteiger partial charge on any atom is 0.374 e. The predicted octanol–water partition coefficient (Wildman–Crippen LogP) is 6.46. The maximum absolute atomic E-state index is 15.7. The van der Waals surface area contributed by atoms with Crippen LogP contribution in [-0.4, -0.2) is 55.1 Å². The van der Waals surface area contributed by atoms with Crippen LogP contribution in [0.2, 0.25) is 0 Å². The van der Waals surface area contributed by atoms with E-state index in [1.807, 2.05) is 0 Å². The normalized spacial score (nSPS) is 17.3. The Labute approximate surface area is 291 Å². The number of carboxylic acid groups (broad SMARTS) is 1. The molecule has 0 saturated heterocycles. The molecule has 0 bridgehead atoms. The number of halogens is 5. The molecule has 1 unspecified atom stereocenters. The minimum absolute atomic E-state index is 0.0297. The molecule has 11 nitrogen and oxygen atoms in total. The highest BCUT2D eigenvalue weighted by molar-refractivity contribution is 7.86. The van der Waals surface area contributed by atoms with Gasteiger partial charge in [0.25, 0.3) is 25.8 Å². The van der Waals surface area contributed by atoms with E-state index in [-0.39, 0.29) is 81.6 Å². The first-order valence-corrected chi connectivity index (χ1v) is 19.3. The lowest BCUT2D eigenvalue weighted by atomic mass is 9.76. The van der Waals surface area contributed by atoms with Gasteiger partial charge in [0.15, 0.2) is 29.8 Å². The summed E-state index contributed by atoms with van der Waals surface area (Å²) in [6, 6.07) is 3.78. The van der Waals surface area contributed by atoms with Crippen molar-refractivity contribution >= 4 is 49.1 Å². The molecule has 0 amide bonds. The SMILES string of the molecule is CC1(CCCCS(=O)(=O)O)/C(=C\C=C\c2oc3cc(F)ccc3[n+]2CCCCS(=O)(=O)O)N(CCCCCC(=O)O)c2c(F)c(F)c(F)c(F)c21. The number of nitrogens with zero attached hydrogens (tertiary/aromatic N) is 2. The van der Waals surface area contributed by atoms with Crippen LogP contribution in [0.3, 0.4) is 0 Å². The molecule has 51 heavy (non-hydrogen) atoms. The number of oxazole rings is 1. The molecule has 0 fully saturated rings. The standard InChI is InChI=1S/C33H37F5N2O9S2/c1-33(15-4-7-18-50(43,44)45)24(40(17-5-2-3-12-26(41)42)32-27(33)28(35)29(36)30(37)31(32)38)10-9-11-25-39(16-6-8-19-51(46,47)48)22-14-13-21(34)20-23(22)49-25/h9-11,13-14,20H,2-8,12,15-19H2,1H3,(H2-,41,42,43,44,45,46,47,48)/p+1. The Hall–Kier alpha value is -3.87. The number of carbonyl (C=O) groups is 1. The van der Waals surface area contributed by atoms with Gasteiger partial charge in [0.05, 0.1) is 23.3 Å². The number of fused-ring (bicyclic) bond motifs is 2. The highest BCUT2D eigenvalue weighted by atomic mass is 32.2. The van der Waals surface area contributed by atoms with Gasteiger partial charge in [0.2, 0.25) is 5.58 Å². The van der Waals surface area contributed by atoms with E-state index in [4.69, 9.17) is 14.1 Å². The Kier molecular flexibility index (Phi) is 12.7. The number of aryl methyl sites for hydroxylation is 1. The number of hydrogen-bond donors (Lipinski definition) is 3. The minimum atomic E-state index is -4.35. The lowest BCUT2D eigenvalue weighted by molar-refractivity contribution is -0.678. The van der Waals surface area contributed by atoms with Crippen molar-refractivity contribution < 1.29 is 66.8 Å². The second-order valence-corrected chi connectivity index (χ2v) is 15.7. The number of aliphatic carboxylic acids is 1. The average Bonchev–Trinajstić information content (AvgIpc) is 3.49. The van der Waals surface area contributed by atoms with Crippen LogP contribution in [0, 0.1) is 29.1 Å². The summed E-state index contributed by atoms with van der Waals surface area (Å²) in [5, 5.41) is 8.99. The number of benzene rings is 2. The highest BCUT2D eigenvalue weighted by Crippen LogP contribution is 2.54. The summed E-state index contributed by atoms with van der Waals surface area (Å²) in [6.07, 6.45) is 5.20. The number of aromatic nitrogens is 1. The molecule has 3 aromatic rings. The van der Waals surface area contributed by atoms with Crippen LogP contribution in [0.15, 0.2) is 40.5 Å². The van der Waals surface area contributed by atoms with Crippen molar-refractivity contribution in [3.05, 3.63) is 76.6 Å². The summed E-state index contributed by atoms with van der Waals surface area (Å²) >= 11 is 0. The number of rotatable bonds is 18. The van der Waals surface area contributed by atoms with Crippen molar-refractivity contribution in [3.63, 3.8) is 0 Å². The predicted molar refractivity (Wildman–Crippen MR) is 176 cm³/mol. The first-order chi connectivity index (χ1) is 23.8. The Morgan fingerprint density at radius 3 is 2.18 bits per heavy atom. The summed E-state index contributed by atoms with van der Waals surface area (Å²) in [7, 11) is -8.56. The molecule has 0 saturated carbocycles. The zero-order chi connectivity index (χ0) is 37.7. The smallest absolute Gasteiger partial charge is 0.374 e. The minimum Gasteiger partial charge on any atom is -0.481 e. The third kappa shape index (κ3) is 9.72. The van der Waals surface area contributed by atoms with Crippen molar-refractivity contribution in [1.82, 2.24) is 0 Å². The molecule has 4 rings (SSSR count). The molecular weight excluding hydrogens is 727 g/mol. The fraction of sp³-hybridized carbons (Fsp3) is 0.455. The van der Waals surface area contributed by atoms with Crippen molar-refractivity contribution in [2.24, 2.45) is 0 Å². The molecule has 1 aliphatic rings. The van der Waals surface area contributed by atoms with Gasteiger partial charge in [-0.25, -0.2) is 22.0 Å². The largest absolute Gasteiger partial charge is 0.481 e. The van der Waals surface area contributed by atoms with Crippen molar-refractivity contribution in [2.45, 2.75) is 76.7 Å². The Bertz CT molecular complexity index is 2070. The Morgan fingerprint density at radius 2 is 1.53 bits per heavy atom. The molecule has 3 N–H and O–H groups in total. The molecule has 1 aliphatic heterocycles. The third-order valence-electron chi connectivity index (χ3n) is 8.74. The molecule has 0 spiro atoms. The van der Waals surface area contributed by atoms with E-state index < -0.39 is 83.5 Å². The van der Waals surface area contributed by atoms with Crippen LogP contribution in [0.1, 0.15) is 76.2 Å². The van der Waals surface area contributed by atoms with E-state index in [2.05, 4.69) is 0 Å². The number of allylic oxidation sites excluding steroid dienone is 3. The van der Waals surface area contributed by atoms with Crippen LogP contribution in [0.4, 0.5) is 27.6 Å². The van der Waals surface area contributed by atoms with Gasteiger partial charge in [-0.3, -0.25) is 13.9 Å². The van der Waals surface area contributed by atoms with Gasteiger partial charge in [0, 0.05) is 48.2 Å². The highest BCUT2D eigenvalue weighted by Gasteiger charge is 2.49. The van der Waals surface area contributed by atoms with E-state index >= 15 is 8.78 Å². The van der Waals surface area contributed by atoms with E-state index in [0.717, 1.165) is 6.07 Å². The number of carboxylic acids is 1. The lowest BCUT2D eigenvalue weighted by Gasteiger charge is -2.30. The number of unbranched alkanes of at least 4 members (excludes halogenated alkanes) is 4. The molecule has 1 atom stereocenters. The molecule has 18 heteroatoms. The first-order valence-electron chi connectivity index (χ1n) is 16.1. The fourth-order valence-corrected chi connectivity index (χ4v) is 7.52. The summed E-state index contributed by atoms with van der Waals surface area (Å²) in [6.45, 7) is 1.58. The van der Waals surface area contributed by atoms with E-state index in [1.165, 1.54) is 42.2 Å². The van der Waals surface area contributed by atoms with Gasteiger partial charge in [-0.15, -0.1) is 0 Å². The topological polar surface area (TPSA) is 166 Å². The summed E-state index contributed by atoms with van der Waals surface area (Å²) in [5.74, 6) is -9.93. The molecule has 0 aliphatic carbocycles. The Balaban J connectivity index is 1.79. The molecule has 1 aromatic heterocycles. The second-order valence-electron chi connectivity index (χ2n) is 12.5. The van der Waals surface area contributed by atoms with Crippen LogP contribution >= 0.6 is 0 Å². The van der Waals surface area contributed by atoms with Gasteiger partial charge < -0.3 is 14.4 Å². The third-order valence-corrected chi connectivity index (χ3v) is 10.4. The Morgan fingerprint density at radius 1 is 0.882 bits per heavy atom. The molecule has 2 heterocycles. The zero-order valence-corrected chi connectivity index (χ0v) is 29.2. The zero-order valence-electron chi connectivity index (χ0n) is 27.5. The second kappa shape index (κ2) is 16.2. The monoisotopic (exact) mass is 765 g/mol. The van der Waals surface area contributed by atoms with Gasteiger partial charge in [-0.1, -0.05) is 18.9 Å². The summed E-state index contributed by atoms with van der Waals surface area (Å²) < 4.78 is 146. The van der Waals surface area contributed by atoms with Crippen LogP contribution in [0.5, 0.6) is 0 Å². The van der Waals surface area contributed by atoms with E-state index in [1.54, 1.807) is 4.57 Å². The molecule has 0 radical (unpaired) electrons. The quantitative estimate of drug-likeness (QED) is 0.0327. The van der Waals surface area contributed by atoms with Crippen molar-refractivity contribution in [1.29, 1.82) is 0 Å². The van der Waals surface area contributed by atoms with Crippen molar-refractivity contribution in [3.8, 4) is 0 Å². The van der Waals surface area contributed by atoms with Gasteiger partial charge in [-0.2, -0.15) is 21.4 Å². The van der Waals surface area contributed by atoms with E-state index in [0.29, 0.717) is 11.9 Å². The number of anilines is 1. The van der Waals surface area contributed by atoms with Crippen molar-refractivity contribution in [2.75, 3.05) is 23.0 Å². The van der Waals surface area contributed by atoms with Crippen LogP contribution in [0.25, 0.3) is 17.2 Å². The van der Waals surface area contributed by atoms with Crippen LogP contribution in [-0.2, 0) is 37.0 Å². The fourth-order valence-electron chi connectivity index (χ4n) is 6.38. The lowest BCUT2D eigenvalue weighted by Crippen LogP contribution is -2.35. The first kappa shape index (κ1) is 39.9. The average molecular weight is 766 g/mol. The van der Waals surface area contributed by atoms with E-state index in [9.17, 15) is 39.4 Å². The van der Waals surface area contributed by atoms with Gasteiger partial charge in [0.1, 0.15) is 5.82 Å². The summed E-state index contributed by atoms with van der Waals surface area (Å²) in [5.41, 5.74) is -1.86. The molecule has 2 aromatic carbocycles. The summed E-state index contributed by atoms with van der Waals surface area (Å²) in [4.78, 5) is 12.3. The molecule has 280 valence electrons. The molecular formula is C33H38F5N2O9S2+.